The summed E-state index contributed by atoms with van der Waals surface area (Å²) in [6.45, 7) is 1.88. The Morgan fingerprint density at radius 3 is 2.67 bits per heavy atom. The van der Waals surface area contributed by atoms with Gasteiger partial charge in [-0.25, -0.2) is 8.78 Å². The first kappa shape index (κ1) is 13.8. The third-order valence-corrected chi connectivity index (χ3v) is 4.76. The summed E-state index contributed by atoms with van der Waals surface area (Å²) >= 11 is 10.8. The molecule has 0 aliphatic heterocycles. The van der Waals surface area contributed by atoms with Gasteiger partial charge in [0.25, 0.3) is 0 Å². The first-order valence-electron chi connectivity index (χ1n) is 5.13. The zero-order valence-electron chi connectivity index (χ0n) is 9.31. The van der Waals surface area contributed by atoms with E-state index in [1.807, 2.05) is 18.4 Å². The molecule has 1 aromatic carbocycles. The van der Waals surface area contributed by atoms with E-state index < -0.39 is 11.6 Å². The average Bonchev–Trinajstić information content (AvgIpc) is 2.69. The molecule has 18 heavy (non-hydrogen) atoms. The molecule has 1 heterocycles. The number of benzene rings is 1. The normalized spacial score (nSPS) is 12.5. The van der Waals surface area contributed by atoms with E-state index in [0.717, 1.165) is 21.5 Å². The minimum Gasteiger partial charge on any atom is -0.374 e. The zero-order valence-corrected chi connectivity index (χ0v) is 12.5. The Balaban J connectivity index is 2.27. The van der Waals surface area contributed by atoms with Gasteiger partial charge in [-0.1, -0.05) is 11.6 Å². The Labute approximate surface area is 121 Å². The molecule has 0 radical (unpaired) electrons. The Bertz CT molecular complexity index is 550. The molecule has 0 saturated carbocycles. The van der Waals surface area contributed by atoms with E-state index in [0.29, 0.717) is 0 Å². The van der Waals surface area contributed by atoms with Crippen LogP contribution in [0, 0.1) is 11.6 Å². The van der Waals surface area contributed by atoms with Crippen molar-refractivity contribution >= 4 is 44.6 Å². The molecule has 0 saturated heterocycles. The summed E-state index contributed by atoms with van der Waals surface area (Å²) < 4.78 is 27.5. The summed E-state index contributed by atoms with van der Waals surface area (Å²) in [7, 11) is 0. The Morgan fingerprint density at radius 1 is 1.39 bits per heavy atom. The van der Waals surface area contributed by atoms with Crippen LogP contribution in [0.25, 0.3) is 0 Å². The van der Waals surface area contributed by atoms with Crippen molar-refractivity contribution in [1.82, 2.24) is 0 Å². The van der Waals surface area contributed by atoms with Crippen LogP contribution in [-0.2, 0) is 0 Å². The summed E-state index contributed by atoms with van der Waals surface area (Å²) in [5.41, 5.74) is 0.117. The Kier molecular flexibility index (Phi) is 4.25. The van der Waals surface area contributed by atoms with Gasteiger partial charge >= 0.3 is 0 Å². The molecule has 1 nitrogen and oxygen atoms in total. The van der Waals surface area contributed by atoms with Crippen LogP contribution in [0.4, 0.5) is 14.5 Å². The summed E-state index contributed by atoms with van der Waals surface area (Å²) in [6.07, 6.45) is 0. The minimum absolute atomic E-state index is 0.0343. The molecule has 96 valence electrons. The summed E-state index contributed by atoms with van der Waals surface area (Å²) in [4.78, 5) is 1.02. The molecular weight excluding hydrogens is 344 g/mol. The Morgan fingerprint density at radius 2 is 2.11 bits per heavy atom. The summed E-state index contributed by atoms with van der Waals surface area (Å²) in [5.74, 6) is -1.38. The van der Waals surface area contributed by atoms with Crippen molar-refractivity contribution in [3.8, 4) is 0 Å². The second-order valence-electron chi connectivity index (χ2n) is 3.74. The van der Waals surface area contributed by atoms with Gasteiger partial charge in [0, 0.05) is 15.4 Å². The van der Waals surface area contributed by atoms with Crippen molar-refractivity contribution < 1.29 is 8.78 Å². The molecule has 0 fully saturated rings. The first-order valence-corrected chi connectivity index (χ1v) is 7.18. The maximum absolute atomic E-state index is 13.6. The number of nitrogens with one attached hydrogen (secondary N) is 1. The number of hydrogen-bond acceptors (Lipinski definition) is 2. The van der Waals surface area contributed by atoms with E-state index in [-0.39, 0.29) is 16.8 Å². The van der Waals surface area contributed by atoms with Crippen LogP contribution in [-0.4, -0.2) is 0 Å². The average molecular weight is 353 g/mol. The zero-order chi connectivity index (χ0) is 13.3. The maximum Gasteiger partial charge on any atom is 0.150 e. The van der Waals surface area contributed by atoms with Gasteiger partial charge in [-0.05, 0) is 40.4 Å². The van der Waals surface area contributed by atoms with Crippen LogP contribution in [0.3, 0.4) is 0 Å². The third kappa shape index (κ3) is 2.84. The van der Waals surface area contributed by atoms with E-state index in [1.165, 1.54) is 0 Å². The van der Waals surface area contributed by atoms with E-state index in [9.17, 15) is 8.78 Å². The number of rotatable bonds is 3. The van der Waals surface area contributed by atoms with Gasteiger partial charge in [-0.15, -0.1) is 11.3 Å². The second-order valence-corrected chi connectivity index (χ2v) is 5.95. The molecule has 1 atom stereocenters. The van der Waals surface area contributed by atoms with E-state index in [1.54, 1.807) is 11.3 Å². The van der Waals surface area contributed by atoms with Gasteiger partial charge in [-0.3, -0.25) is 0 Å². The molecule has 0 amide bonds. The van der Waals surface area contributed by atoms with E-state index >= 15 is 0 Å². The molecule has 6 heteroatoms. The fourth-order valence-electron chi connectivity index (χ4n) is 1.58. The van der Waals surface area contributed by atoms with Crippen molar-refractivity contribution in [2.75, 3.05) is 5.32 Å². The fourth-order valence-corrected chi connectivity index (χ4v) is 3.55. The quantitative estimate of drug-likeness (QED) is 0.756. The van der Waals surface area contributed by atoms with Gasteiger partial charge in [0.05, 0.1) is 16.8 Å². The highest BCUT2D eigenvalue weighted by Gasteiger charge is 2.16. The highest BCUT2D eigenvalue weighted by atomic mass is 79.9. The highest BCUT2D eigenvalue weighted by Crippen LogP contribution is 2.34. The second kappa shape index (κ2) is 5.55. The van der Waals surface area contributed by atoms with Crippen molar-refractivity contribution in [3.05, 3.63) is 49.6 Å². The van der Waals surface area contributed by atoms with Crippen LogP contribution in [0.2, 0.25) is 5.02 Å². The predicted octanol–water partition coefficient (Wildman–Crippen LogP) is 5.62. The number of hydrogen-bond donors (Lipinski definition) is 1. The maximum atomic E-state index is 13.6. The van der Waals surface area contributed by atoms with Gasteiger partial charge in [-0.2, -0.15) is 0 Å². The van der Waals surface area contributed by atoms with Gasteiger partial charge in [0.15, 0.2) is 5.82 Å². The van der Waals surface area contributed by atoms with Gasteiger partial charge in [0.2, 0.25) is 0 Å². The lowest BCUT2D eigenvalue weighted by Crippen LogP contribution is -2.07. The molecule has 1 N–H and O–H groups in total. The van der Waals surface area contributed by atoms with Crippen molar-refractivity contribution in [2.45, 2.75) is 13.0 Å². The van der Waals surface area contributed by atoms with E-state index in [2.05, 4.69) is 21.2 Å². The van der Waals surface area contributed by atoms with Crippen LogP contribution < -0.4 is 5.32 Å². The predicted molar refractivity (Wildman–Crippen MR) is 75.4 cm³/mol. The van der Waals surface area contributed by atoms with Crippen LogP contribution in [0.15, 0.2) is 28.1 Å². The molecule has 1 aromatic heterocycles. The van der Waals surface area contributed by atoms with Crippen molar-refractivity contribution in [2.24, 2.45) is 0 Å². The number of halogens is 4. The lowest BCUT2D eigenvalue weighted by molar-refractivity contribution is 0.584. The van der Waals surface area contributed by atoms with Crippen molar-refractivity contribution in [3.63, 3.8) is 0 Å². The lowest BCUT2D eigenvalue weighted by Gasteiger charge is -2.16. The SMILES string of the molecule is CC(Nc1c(F)cc(F)cc1Cl)c1sccc1Br. The summed E-state index contributed by atoms with van der Waals surface area (Å²) in [6, 6.07) is 3.69. The van der Waals surface area contributed by atoms with Crippen LogP contribution in [0.5, 0.6) is 0 Å². The molecule has 0 spiro atoms. The topological polar surface area (TPSA) is 12.0 Å². The van der Waals surface area contributed by atoms with Gasteiger partial charge in [0.1, 0.15) is 5.82 Å². The summed E-state index contributed by atoms with van der Waals surface area (Å²) in [5, 5.41) is 4.92. The Hall–Kier alpha value is -0.650. The standard InChI is InChI=1S/C12H9BrClF2NS/c1-6(12-8(13)2-3-18-12)17-11-9(14)4-7(15)5-10(11)16/h2-6,17H,1H3. The number of anilines is 1. The molecular formula is C12H9BrClF2NS. The third-order valence-electron chi connectivity index (χ3n) is 2.41. The van der Waals surface area contributed by atoms with Crippen molar-refractivity contribution in [1.29, 1.82) is 0 Å². The van der Waals surface area contributed by atoms with Gasteiger partial charge < -0.3 is 5.32 Å². The molecule has 0 aliphatic carbocycles. The molecule has 2 rings (SSSR count). The largest absolute Gasteiger partial charge is 0.374 e. The highest BCUT2D eigenvalue weighted by molar-refractivity contribution is 9.10. The van der Waals surface area contributed by atoms with Crippen LogP contribution in [0.1, 0.15) is 17.8 Å². The molecule has 0 bridgehead atoms. The molecule has 0 aliphatic rings. The number of thiophene rings is 1. The lowest BCUT2D eigenvalue weighted by atomic mass is 10.2. The van der Waals surface area contributed by atoms with E-state index in [4.69, 9.17) is 11.6 Å². The molecule has 2 aromatic rings. The molecule has 1 unspecified atom stereocenters. The first-order chi connectivity index (χ1) is 8.49. The monoisotopic (exact) mass is 351 g/mol. The fraction of sp³-hybridized carbons (Fsp3) is 0.167. The minimum atomic E-state index is -0.695. The van der Waals surface area contributed by atoms with Crippen LogP contribution >= 0.6 is 38.9 Å². The smallest absolute Gasteiger partial charge is 0.150 e.